The van der Waals surface area contributed by atoms with Crippen molar-refractivity contribution in [1.29, 1.82) is 0 Å². The molecule has 0 spiro atoms. The second-order valence-corrected chi connectivity index (χ2v) is 11.0. The van der Waals surface area contributed by atoms with Gasteiger partial charge in [0.05, 0.1) is 10.4 Å². The molecule has 2 aromatic heterocycles. The average Bonchev–Trinajstić information content (AvgIpc) is 3.42. The van der Waals surface area contributed by atoms with E-state index >= 15 is 0 Å². The number of hydrogen-bond donors (Lipinski definition) is 1. The zero-order chi connectivity index (χ0) is 22.2. The van der Waals surface area contributed by atoms with Crippen LogP contribution in [0.2, 0.25) is 5.02 Å². The Kier molecular flexibility index (Phi) is 5.77. The fourth-order valence-corrected chi connectivity index (χ4v) is 6.27. The van der Waals surface area contributed by atoms with Crippen LogP contribution in [-0.4, -0.2) is 30.2 Å². The number of aromatic nitrogens is 1. The van der Waals surface area contributed by atoms with Gasteiger partial charge in [-0.1, -0.05) is 47.2 Å². The highest BCUT2D eigenvalue weighted by atomic mass is 35.5. The van der Waals surface area contributed by atoms with Crippen molar-refractivity contribution in [3.05, 3.63) is 70.1 Å². The first-order chi connectivity index (χ1) is 15.4. The Morgan fingerprint density at radius 3 is 2.50 bits per heavy atom. The summed E-state index contributed by atoms with van der Waals surface area (Å²) in [6.45, 7) is 0. The number of halogens is 1. The van der Waals surface area contributed by atoms with Crippen LogP contribution in [0.5, 0.6) is 0 Å². The van der Waals surface area contributed by atoms with Gasteiger partial charge in [0.1, 0.15) is 4.01 Å². The standard InChI is InChI=1S/C23H17ClN4OS3/c1-28(2)16-9-3-13(4-10-16)11-19-20(29)26-23(31-19)27-22-25-17-12-18(30-21(17)32-22)14-5-7-15(24)8-6-14/h3-12H,1-2H3,(H,25,26,27,29)/b19-11+. The number of amides is 1. The number of thioether (sulfide) groups is 1. The van der Waals surface area contributed by atoms with Crippen molar-refractivity contribution in [2.75, 3.05) is 19.0 Å². The highest BCUT2D eigenvalue weighted by molar-refractivity contribution is 8.18. The molecule has 0 bridgehead atoms. The maximum absolute atomic E-state index is 12.4. The number of hydrogen-bond acceptors (Lipinski definition) is 7. The third-order valence-electron chi connectivity index (χ3n) is 4.76. The van der Waals surface area contributed by atoms with E-state index < -0.39 is 0 Å². The number of nitrogens with zero attached hydrogens (tertiary/aromatic N) is 3. The zero-order valence-corrected chi connectivity index (χ0v) is 20.3. The van der Waals surface area contributed by atoms with Crippen LogP contribution in [0, 0.1) is 0 Å². The number of benzene rings is 2. The van der Waals surface area contributed by atoms with Gasteiger partial charge in [-0.3, -0.25) is 4.79 Å². The molecule has 0 saturated carbocycles. The normalized spacial score (nSPS) is 16.3. The van der Waals surface area contributed by atoms with Gasteiger partial charge in [0, 0.05) is 29.7 Å². The number of thiazole rings is 1. The van der Waals surface area contributed by atoms with E-state index in [1.54, 1.807) is 11.3 Å². The van der Waals surface area contributed by atoms with Crippen LogP contribution in [0.25, 0.3) is 26.0 Å². The number of aliphatic imine (C=N–C) groups is 1. The molecule has 0 radical (unpaired) electrons. The van der Waals surface area contributed by atoms with Crippen LogP contribution in [-0.2, 0) is 4.79 Å². The van der Waals surface area contributed by atoms with Crippen LogP contribution < -0.4 is 10.2 Å². The van der Waals surface area contributed by atoms with Gasteiger partial charge in [0.2, 0.25) is 5.13 Å². The molecule has 0 unspecified atom stereocenters. The molecule has 1 amide bonds. The Balaban J connectivity index is 1.34. The van der Waals surface area contributed by atoms with Crippen LogP contribution in [0.4, 0.5) is 10.8 Å². The molecular weight excluding hydrogens is 480 g/mol. The quantitative estimate of drug-likeness (QED) is 0.322. The van der Waals surface area contributed by atoms with Crippen molar-refractivity contribution >= 4 is 83.5 Å². The Morgan fingerprint density at radius 2 is 1.81 bits per heavy atom. The maximum Gasteiger partial charge on any atom is 0.264 e. The number of anilines is 1. The van der Waals surface area contributed by atoms with Gasteiger partial charge in [0.25, 0.3) is 5.91 Å². The number of carbonyl (C=O) groups excluding carboxylic acids is 1. The molecule has 3 heterocycles. The van der Waals surface area contributed by atoms with Crippen molar-refractivity contribution < 1.29 is 4.79 Å². The Morgan fingerprint density at radius 1 is 1.06 bits per heavy atom. The second kappa shape index (κ2) is 8.71. The first-order valence-corrected chi connectivity index (χ1v) is 12.5. The predicted molar refractivity (Wildman–Crippen MR) is 140 cm³/mol. The molecular formula is C23H17ClN4OS3. The fraction of sp³-hybridized carbons (Fsp3) is 0.0870. The third-order valence-corrected chi connectivity index (χ3v) is 8.15. The van der Waals surface area contributed by atoms with Crippen molar-refractivity contribution in [2.45, 2.75) is 0 Å². The van der Waals surface area contributed by atoms with Crippen molar-refractivity contribution in [3.8, 4) is 10.4 Å². The first kappa shape index (κ1) is 21.2. The van der Waals surface area contributed by atoms with Gasteiger partial charge in [-0.05, 0) is 59.3 Å². The maximum atomic E-state index is 12.4. The first-order valence-electron chi connectivity index (χ1n) is 9.68. The molecule has 0 aliphatic carbocycles. The van der Waals surface area contributed by atoms with Crippen molar-refractivity contribution in [1.82, 2.24) is 10.3 Å². The number of nitrogens with one attached hydrogen (secondary N) is 1. The van der Waals surface area contributed by atoms with Crippen LogP contribution in [0.1, 0.15) is 5.56 Å². The van der Waals surface area contributed by atoms with E-state index in [-0.39, 0.29) is 5.91 Å². The summed E-state index contributed by atoms with van der Waals surface area (Å²) < 4.78 is 1.10. The molecule has 1 N–H and O–H groups in total. The van der Waals surface area contributed by atoms with Gasteiger partial charge in [-0.2, -0.15) is 4.99 Å². The molecule has 1 aliphatic heterocycles. The molecule has 32 heavy (non-hydrogen) atoms. The zero-order valence-electron chi connectivity index (χ0n) is 17.1. The summed E-state index contributed by atoms with van der Waals surface area (Å²) in [5.74, 6) is -0.145. The van der Waals surface area contributed by atoms with Crippen LogP contribution in [0.3, 0.4) is 0 Å². The lowest BCUT2D eigenvalue weighted by Crippen LogP contribution is -2.19. The molecule has 1 saturated heterocycles. The van der Waals surface area contributed by atoms with Crippen LogP contribution in [0.15, 0.2) is 64.5 Å². The minimum Gasteiger partial charge on any atom is -0.378 e. The van der Waals surface area contributed by atoms with Gasteiger partial charge in [-0.25, -0.2) is 4.98 Å². The van der Waals surface area contributed by atoms with Crippen LogP contribution >= 0.6 is 46.0 Å². The lowest BCUT2D eigenvalue weighted by atomic mass is 10.2. The minimum absolute atomic E-state index is 0.145. The number of fused-ring (bicyclic) bond motifs is 1. The largest absolute Gasteiger partial charge is 0.378 e. The van der Waals surface area contributed by atoms with E-state index in [4.69, 9.17) is 11.6 Å². The number of thiophene rings is 1. The molecule has 1 aliphatic rings. The summed E-state index contributed by atoms with van der Waals surface area (Å²) >= 11 is 10.5. The third kappa shape index (κ3) is 4.45. The fourth-order valence-electron chi connectivity index (χ4n) is 3.12. The Bertz CT molecular complexity index is 1340. The smallest absolute Gasteiger partial charge is 0.264 e. The second-order valence-electron chi connectivity index (χ2n) is 7.25. The molecule has 4 aromatic rings. The average molecular weight is 497 g/mol. The van der Waals surface area contributed by atoms with Gasteiger partial charge >= 0.3 is 0 Å². The predicted octanol–water partition coefficient (Wildman–Crippen LogP) is 6.64. The number of carbonyl (C=O) groups is 1. The van der Waals surface area contributed by atoms with Crippen molar-refractivity contribution in [2.24, 2.45) is 4.99 Å². The summed E-state index contributed by atoms with van der Waals surface area (Å²) in [5, 5.41) is 4.74. The summed E-state index contributed by atoms with van der Waals surface area (Å²) in [5.41, 5.74) is 4.11. The summed E-state index contributed by atoms with van der Waals surface area (Å²) in [7, 11) is 4.00. The Labute approximate surface area is 202 Å². The van der Waals surface area contributed by atoms with Gasteiger partial charge in [-0.15, -0.1) is 11.3 Å². The molecule has 9 heteroatoms. The van der Waals surface area contributed by atoms with E-state index in [0.717, 1.165) is 36.2 Å². The molecule has 5 rings (SSSR count). The number of rotatable bonds is 4. The molecule has 1 fully saturated rings. The molecule has 160 valence electrons. The SMILES string of the molecule is CN(C)c1ccc(/C=C2/S/C(=N\c3nc4cc(-c5ccc(Cl)cc5)sc4s3)NC2=O)cc1. The van der Waals surface area contributed by atoms with Crippen molar-refractivity contribution in [3.63, 3.8) is 0 Å². The van der Waals surface area contributed by atoms with E-state index in [1.165, 1.54) is 23.1 Å². The monoisotopic (exact) mass is 496 g/mol. The Hall–Kier alpha value is -2.65. The molecule has 5 nitrogen and oxygen atoms in total. The van der Waals surface area contributed by atoms with Gasteiger partial charge in [0.15, 0.2) is 5.17 Å². The summed E-state index contributed by atoms with van der Waals surface area (Å²) in [4.78, 5) is 25.4. The minimum atomic E-state index is -0.145. The van der Waals surface area contributed by atoms with E-state index in [9.17, 15) is 4.79 Å². The van der Waals surface area contributed by atoms with E-state index in [2.05, 4.69) is 21.4 Å². The molecule has 2 aromatic carbocycles. The highest BCUT2D eigenvalue weighted by Gasteiger charge is 2.24. The highest BCUT2D eigenvalue weighted by Crippen LogP contribution is 2.40. The topological polar surface area (TPSA) is 57.6 Å². The van der Waals surface area contributed by atoms with E-state index in [1.807, 2.05) is 73.6 Å². The summed E-state index contributed by atoms with van der Waals surface area (Å²) in [6.07, 6.45) is 1.88. The lowest BCUT2D eigenvalue weighted by Gasteiger charge is -2.11. The lowest BCUT2D eigenvalue weighted by molar-refractivity contribution is -0.115. The van der Waals surface area contributed by atoms with Gasteiger partial charge < -0.3 is 10.2 Å². The molecule has 0 atom stereocenters. The van der Waals surface area contributed by atoms with E-state index in [0.29, 0.717) is 15.2 Å². The summed E-state index contributed by atoms with van der Waals surface area (Å²) in [6, 6.07) is 17.9. The number of amidine groups is 1.